The number of carbonyl (C=O) groups is 1. The molecule has 0 N–H and O–H groups in total. The van der Waals surface area contributed by atoms with Crippen LogP contribution in [0.2, 0.25) is 0 Å². The van der Waals surface area contributed by atoms with Crippen LogP contribution in [0.5, 0.6) is 0 Å². The smallest absolute Gasteiger partial charge is 0.342 e. The number of carbonyl (C=O) groups excluding carboxylic acids is 1. The SMILES string of the molecule is O=C(CC1CCC(C(F)(F)F)CC1)N1CCc2cnc(N3CCCCC(C4CCC4)CCC3)nc2CC1. The van der Waals surface area contributed by atoms with E-state index in [1.807, 2.05) is 11.1 Å². The first-order valence-corrected chi connectivity index (χ1v) is 14.8. The summed E-state index contributed by atoms with van der Waals surface area (Å²) in [5.41, 5.74) is 2.18. The molecule has 1 amide bonds. The molecule has 0 aromatic carbocycles. The normalized spacial score (nSPS) is 28.4. The Hall–Kier alpha value is -1.86. The molecule has 0 spiro atoms. The molecule has 0 radical (unpaired) electrons. The maximum Gasteiger partial charge on any atom is 0.391 e. The van der Waals surface area contributed by atoms with Crippen LogP contribution in [-0.4, -0.2) is 53.1 Å². The molecule has 2 saturated carbocycles. The molecule has 0 bridgehead atoms. The molecule has 1 aromatic heterocycles. The zero-order chi connectivity index (χ0) is 25.8. The Morgan fingerprint density at radius 1 is 0.838 bits per heavy atom. The highest BCUT2D eigenvalue weighted by Gasteiger charge is 2.41. The predicted octanol–water partition coefficient (Wildman–Crippen LogP) is 6.35. The van der Waals surface area contributed by atoms with Gasteiger partial charge in [-0.15, -0.1) is 0 Å². The summed E-state index contributed by atoms with van der Waals surface area (Å²) in [5.74, 6) is 1.67. The summed E-state index contributed by atoms with van der Waals surface area (Å²) in [5, 5.41) is 0. The van der Waals surface area contributed by atoms with E-state index in [-0.39, 0.29) is 24.7 Å². The maximum atomic E-state index is 13.0. The molecule has 1 aromatic rings. The van der Waals surface area contributed by atoms with E-state index in [1.54, 1.807) is 0 Å². The van der Waals surface area contributed by atoms with Crippen LogP contribution >= 0.6 is 0 Å². The minimum absolute atomic E-state index is 0.0724. The average molecular weight is 521 g/mol. The molecule has 3 heterocycles. The van der Waals surface area contributed by atoms with Crippen LogP contribution in [-0.2, 0) is 17.6 Å². The number of nitrogens with zero attached hydrogens (tertiary/aromatic N) is 4. The summed E-state index contributed by atoms with van der Waals surface area (Å²) < 4.78 is 38.9. The highest BCUT2D eigenvalue weighted by Crippen LogP contribution is 2.41. The quantitative estimate of drug-likeness (QED) is 0.464. The number of hydrogen-bond acceptors (Lipinski definition) is 4. The summed E-state index contributed by atoms with van der Waals surface area (Å²) in [6.07, 6.45) is 11.7. The van der Waals surface area contributed by atoms with Crippen molar-refractivity contribution in [1.82, 2.24) is 14.9 Å². The molecule has 4 aliphatic rings. The van der Waals surface area contributed by atoms with Gasteiger partial charge in [-0.25, -0.2) is 9.97 Å². The number of hydrogen-bond donors (Lipinski definition) is 0. The van der Waals surface area contributed by atoms with Gasteiger partial charge in [0, 0.05) is 45.2 Å². The van der Waals surface area contributed by atoms with E-state index in [1.165, 1.54) is 51.4 Å². The molecular weight excluding hydrogens is 477 g/mol. The fourth-order valence-corrected chi connectivity index (χ4v) is 7.03. The van der Waals surface area contributed by atoms with E-state index < -0.39 is 12.1 Å². The van der Waals surface area contributed by atoms with Gasteiger partial charge in [-0.2, -0.15) is 13.2 Å². The Balaban J connectivity index is 1.13. The lowest BCUT2D eigenvalue weighted by Gasteiger charge is -2.34. The first-order chi connectivity index (χ1) is 17.9. The van der Waals surface area contributed by atoms with E-state index in [0.29, 0.717) is 32.4 Å². The van der Waals surface area contributed by atoms with Gasteiger partial charge in [0.05, 0.1) is 11.6 Å². The minimum atomic E-state index is -4.10. The fraction of sp³-hybridized carbons (Fsp3) is 0.828. The van der Waals surface area contributed by atoms with Crippen LogP contribution in [0.15, 0.2) is 6.20 Å². The second kappa shape index (κ2) is 11.9. The topological polar surface area (TPSA) is 49.3 Å². The van der Waals surface area contributed by atoms with Gasteiger partial charge in [-0.3, -0.25) is 4.79 Å². The van der Waals surface area contributed by atoms with Crippen LogP contribution in [0, 0.1) is 23.7 Å². The lowest BCUT2D eigenvalue weighted by Crippen LogP contribution is -2.35. The fourth-order valence-electron chi connectivity index (χ4n) is 7.03. The van der Waals surface area contributed by atoms with Crippen molar-refractivity contribution in [2.24, 2.45) is 23.7 Å². The standard InChI is InChI=1S/C29H43F3N4O/c30-29(31,32)25-11-9-21(10-12-25)19-27(37)35-17-13-24-20-33-28(34-26(24)14-18-35)36-15-2-1-5-22(8-4-16-36)23-6-3-7-23/h20-23,25H,1-19H2. The highest BCUT2D eigenvalue weighted by molar-refractivity contribution is 5.76. The third-order valence-electron chi connectivity index (χ3n) is 9.69. The number of fused-ring (bicyclic) bond motifs is 1. The van der Waals surface area contributed by atoms with Gasteiger partial charge in [-0.05, 0) is 74.7 Å². The lowest BCUT2D eigenvalue weighted by atomic mass is 9.72. The van der Waals surface area contributed by atoms with Crippen molar-refractivity contribution in [3.8, 4) is 0 Å². The van der Waals surface area contributed by atoms with E-state index >= 15 is 0 Å². The Kier molecular flexibility index (Phi) is 8.60. The molecule has 2 aliphatic carbocycles. The van der Waals surface area contributed by atoms with Crippen molar-refractivity contribution >= 4 is 11.9 Å². The van der Waals surface area contributed by atoms with Crippen molar-refractivity contribution in [2.75, 3.05) is 31.1 Å². The zero-order valence-electron chi connectivity index (χ0n) is 22.2. The molecule has 37 heavy (non-hydrogen) atoms. The number of aromatic nitrogens is 2. The van der Waals surface area contributed by atoms with Crippen LogP contribution < -0.4 is 4.90 Å². The Morgan fingerprint density at radius 2 is 1.51 bits per heavy atom. The zero-order valence-corrected chi connectivity index (χ0v) is 22.2. The largest absolute Gasteiger partial charge is 0.391 e. The van der Waals surface area contributed by atoms with E-state index in [2.05, 4.69) is 4.90 Å². The van der Waals surface area contributed by atoms with Gasteiger partial charge >= 0.3 is 6.18 Å². The number of rotatable bonds is 4. The van der Waals surface area contributed by atoms with Crippen molar-refractivity contribution in [3.63, 3.8) is 0 Å². The summed E-state index contributed by atoms with van der Waals surface area (Å²) in [7, 11) is 0. The summed E-state index contributed by atoms with van der Waals surface area (Å²) in [4.78, 5) is 27.0. The van der Waals surface area contributed by atoms with E-state index in [0.717, 1.165) is 55.0 Å². The number of amides is 1. The molecule has 206 valence electrons. The van der Waals surface area contributed by atoms with Crippen molar-refractivity contribution in [3.05, 3.63) is 17.5 Å². The third kappa shape index (κ3) is 6.78. The summed E-state index contributed by atoms with van der Waals surface area (Å²) in [6, 6.07) is 0. The highest BCUT2D eigenvalue weighted by atomic mass is 19.4. The van der Waals surface area contributed by atoms with Crippen molar-refractivity contribution < 1.29 is 18.0 Å². The second-order valence-corrected chi connectivity index (χ2v) is 12.1. The van der Waals surface area contributed by atoms with Crippen molar-refractivity contribution in [2.45, 2.75) is 102 Å². The van der Waals surface area contributed by atoms with Gasteiger partial charge < -0.3 is 9.80 Å². The van der Waals surface area contributed by atoms with Gasteiger partial charge in [0.1, 0.15) is 0 Å². The number of alkyl halides is 3. The van der Waals surface area contributed by atoms with Gasteiger partial charge in [0.2, 0.25) is 11.9 Å². The molecule has 2 aliphatic heterocycles. The molecule has 8 heteroatoms. The monoisotopic (exact) mass is 520 g/mol. The van der Waals surface area contributed by atoms with Crippen LogP contribution in [0.4, 0.5) is 19.1 Å². The van der Waals surface area contributed by atoms with Crippen LogP contribution in [0.3, 0.4) is 0 Å². The Morgan fingerprint density at radius 3 is 2.22 bits per heavy atom. The minimum Gasteiger partial charge on any atom is -0.342 e. The average Bonchev–Trinajstić information content (AvgIpc) is 2.97. The predicted molar refractivity (Wildman–Crippen MR) is 138 cm³/mol. The van der Waals surface area contributed by atoms with E-state index in [9.17, 15) is 18.0 Å². The Bertz CT molecular complexity index is 911. The van der Waals surface area contributed by atoms with Gasteiger partial charge in [0.15, 0.2) is 0 Å². The second-order valence-electron chi connectivity index (χ2n) is 12.1. The lowest BCUT2D eigenvalue weighted by molar-refractivity contribution is -0.184. The molecule has 3 fully saturated rings. The Labute approximate surface area is 219 Å². The molecule has 1 saturated heterocycles. The van der Waals surface area contributed by atoms with E-state index in [4.69, 9.17) is 9.97 Å². The first-order valence-electron chi connectivity index (χ1n) is 14.8. The van der Waals surface area contributed by atoms with Crippen molar-refractivity contribution in [1.29, 1.82) is 0 Å². The third-order valence-corrected chi connectivity index (χ3v) is 9.69. The molecule has 1 atom stereocenters. The molecule has 5 rings (SSSR count). The van der Waals surface area contributed by atoms with Crippen LogP contribution in [0.1, 0.15) is 94.7 Å². The van der Waals surface area contributed by atoms with Crippen LogP contribution in [0.25, 0.3) is 0 Å². The van der Waals surface area contributed by atoms with Gasteiger partial charge in [0.25, 0.3) is 0 Å². The molecule has 1 unspecified atom stereocenters. The number of anilines is 1. The number of halogens is 3. The first kappa shape index (κ1) is 26.7. The maximum absolute atomic E-state index is 13.0. The molecule has 5 nitrogen and oxygen atoms in total. The van der Waals surface area contributed by atoms with Gasteiger partial charge in [-0.1, -0.05) is 32.1 Å². The summed E-state index contributed by atoms with van der Waals surface area (Å²) >= 11 is 0. The molecular formula is C29H43F3N4O. The summed E-state index contributed by atoms with van der Waals surface area (Å²) in [6.45, 7) is 3.29.